The fraction of sp³-hybridized carbons (Fsp3) is 0.429. The van der Waals surface area contributed by atoms with Crippen LogP contribution in [-0.4, -0.2) is 48.6 Å². The summed E-state index contributed by atoms with van der Waals surface area (Å²) in [6.07, 6.45) is 6.06. The molecule has 0 saturated carbocycles. The van der Waals surface area contributed by atoms with Crippen molar-refractivity contribution in [3.63, 3.8) is 0 Å². The van der Waals surface area contributed by atoms with Crippen LogP contribution < -0.4 is 9.64 Å². The first-order valence-electron chi connectivity index (χ1n) is 9.35. The summed E-state index contributed by atoms with van der Waals surface area (Å²) < 4.78 is 5.36. The van der Waals surface area contributed by atoms with Crippen LogP contribution in [0.5, 0.6) is 5.75 Å². The maximum Gasteiger partial charge on any atom is 0.311 e. The fourth-order valence-electron chi connectivity index (χ4n) is 3.18. The van der Waals surface area contributed by atoms with E-state index in [9.17, 15) is 4.79 Å². The predicted octanol–water partition coefficient (Wildman–Crippen LogP) is 3.29. The van der Waals surface area contributed by atoms with Gasteiger partial charge in [0.25, 0.3) is 0 Å². The first-order valence-corrected chi connectivity index (χ1v) is 9.35. The Labute approximate surface area is 155 Å². The van der Waals surface area contributed by atoms with Crippen molar-refractivity contribution in [1.82, 2.24) is 9.88 Å². The summed E-state index contributed by atoms with van der Waals surface area (Å²) in [5.74, 6) is 0.490. The van der Waals surface area contributed by atoms with E-state index in [-0.39, 0.29) is 5.97 Å². The topological polar surface area (TPSA) is 45.7 Å². The Bertz CT molecular complexity index is 680. The van der Waals surface area contributed by atoms with E-state index in [1.807, 2.05) is 43.6 Å². The van der Waals surface area contributed by atoms with Gasteiger partial charge in [-0.3, -0.25) is 14.7 Å². The molecular formula is C21H27N3O2. The molecular weight excluding hydrogens is 326 g/mol. The Hall–Kier alpha value is -2.40. The van der Waals surface area contributed by atoms with Crippen LogP contribution >= 0.6 is 0 Å². The van der Waals surface area contributed by atoms with Crippen LogP contribution in [0.25, 0.3) is 0 Å². The van der Waals surface area contributed by atoms with Crippen molar-refractivity contribution in [3.05, 3.63) is 54.4 Å². The zero-order valence-electron chi connectivity index (χ0n) is 15.4. The SMILES string of the molecule is Cc1ccc(OC(=O)CCCCN2CCN(c3ccncc3)CC2)cc1. The highest BCUT2D eigenvalue weighted by Gasteiger charge is 2.16. The van der Waals surface area contributed by atoms with Gasteiger partial charge in [-0.05, 0) is 50.6 Å². The number of pyridine rings is 1. The van der Waals surface area contributed by atoms with E-state index in [1.54, 1.807) is 0 Å². The van der Waals surface area contributed by atoms with Gasteiger partial charge in [0, 0.05) is 50.7 Å². The second-order valence-corrected chi connectivity index (χ2v) is 6.78. The van der Waals surface area contributed by atoms with Crippen molar-refractivity contribution in [1.29, 1.82) is 0 Å². The summed E-state index contributed by atoms with van der Waals surface area (Å²) in [7, 11) is 0. The quantitative estimate of drug-likeness (QED) is 0.434. The van der Waals surface area contributed by atoms with Crippen LogP contribution in [0.15, 0.2) is 48.8 Å². The Morgan fingerprint density at radius 1 is 1.00 bits per heavy atom. The monoisotopic (exact) mass is 353 g/mol. The van der Waals surface area contributed by atoms with Gasteiger partial charge in [0.2, 0.25) is 0 Å². The van der Waals surface area contributed by atoms with E-state index in [0.717, 1.165) is 51.1 Å². The number of hydrogen-bond acceptors (Lipinski definition) is 5. The molecule has 0 bridgehead atoms. The van der Waals surface area contributed by atoms with Crippen LogP contribution in [0.4, 0.5) is 5.69 Å². The molecule has 0 aliphatic carbocycles. The molecule has 0 N–H and O–H groups in total. The largest absolute Gasteiger partial charge is 0.427 e. The zero-order valence-corrected chi connectivity index (χ0v) is 15.4. The first-order chi connectivity index (χ1) is 12.7. The minimum Gasteiger partial charge on any atom is -0.427 e. The van der Waals surface area contributed by atoms with Gasteiger partial charge >= 0.3 is 5.97 Å². The van der Waals surface area contributed by atoms with Crippen molar-refractivity contribution in [3.8, 4) is 5.75 Å². The molecule has 0 radical (unpaired) electrons. The summed E-state index contributed by atoms with van der Waals surface area (Å²) in [4.78, 5) is 20.9. The predicted molar refractivity (Wildman–Crippen MR) is 104 cm³/mol. The van der Waals surface area contributed by atoms with Gasteiger partial charge in [-0.25, -0.2) is 0 Å². The molecule has 138 valence electrons. The molecule has 5 heteroatoms. The van der Waals surface area contributed by atoms with Crippen LogP contribution in [0.1, 0.15) is 24.8 Å². The second-order valence-electron chi connectivity index (χ2n) is 6.78. The first kappa shape index (κ1) is 18.4. The minimum absolute atomic E-state index is 0.142. The molecule has 1 aliphatic heterocycles. The lowest BCUT2D eigenvalue weighted by Gasteiger charge is -2.36. The third-order valence-corrected chi connectivity index (χ3v) is 4.76. The smallest absolute Gasteiger partial charge is 0.311 e. The van der Waals surface area contributed by atoms with Gasteiger partial charge in [0.05, 0.1) is 0 Å². The second kappa shape index (κ2) is 9.34. The van der Waals surface area contributed by atoms with Crippen LogP contribution in [0.3, 0.4) is 0 Å². The molecule has 1 aliphatic rings. The normalized spacial score (nSPS) is 15.0. The van der Waals surface area contributed by atoms with Gasteiger partial charge < -0.3 is 9.64 Å². The molecule has 1 fully saturated rings. The standard InChI is InChI=1S/C21H27N3O2/c1-18-5-7-20(8-6-18)26-21(25)4-2-3-13-23-14-16-24(17-15-23)19-9-11-22-12-10-19/h5-12H,2-4,13-17H2,1H3. The Balaban J connectivity index is 1.30. The molecule has 0 amide bonds. The third-order valence-electron chi connectivity index (χ3n) is 4.76. The van der Waals surface area contributed by atoms with Gasteiger partial charge in [-0.15, -0.1) is 0 Å². The number of aromatic nitrogens is 1. The fourth-order valence-corrected chi connectivity index (χ4v) is 3.18. The van der Waals surface area contributed by atoms with Gasteiger partial charge in [-0.1, -0.05) is 17.7 Å². The van der Waals surface area contributed by atoms with Crippen molar-refractivity contribution < 1.29 is 9.53 Å². The van der Waals surface area contributed by atoms with Crippen molar-refractivity contribution in [2.75, 3.05) is 37.6 Å². The van der Waals surface area contributed by atoms with Crippen LogP contribution in [0.2, 0.25) is 0 Å². The zero-order chi connectivity index (χ0) is 18.2. The van der Waals surface area contributed by atoms with Crippen LogP contribution in [-0.2, 0) is 4.79 Å². The number of aryl methyl sites for hydroxylation is 1. The van der Waals surface area contributed by atoms with Crippen molar-refractivity contribution >= 4 is 11.7 Å². The number of carbonyl (C=O) groups is 1. The molecule has 26 heavy (non-hydrogen) atoms. The maximum absolute atomic E-state index is 11.9. The molecule has 2 heterocycles. The summed E-state index contributed by atoms with van der Waals surface area (Å²) in [5, 5.41) is 0. The van der Waals surface area contributed by atoms with E-state index in [0.29, 0.717) is 12.2 Å². The Kier molecular flexibility index (Phi) is 6.61. The number of rotatable bonds is 7. The molecule has 1 saturated heterocycles. The summed E-state index contributed by atoms with van der Waals surface area (Å²) in [6, 6.07) is 11.7. The summed E-state index contributed by atoms with van der Waals surface area (Å²) in [6.45, 7) is 7.27. The molecule has 2 aromatic rings. The highest BCUT2D eigenvalue weighted by molar-refractivity contribution is 5.72. The lowest BCUT2D eigenvalue weighted by molar-refractivity contribution is -0.134. The number of ether oxygens (including phenoxy) is 1. The van der Waals surface area contributed by atoms with E-state index < -0.39 is 0 Å². The Morgan fingerprint density at radius 2 is 1.69 bits per heavy atom. The highest BCUT2D eigenvalue weighted by Crippen LogP contribution is 2.16. The molecule has 0 spiro atoms. The molecule has 0 atom stereocenters. The number of unbranched alkanes of at least 4 members (excludes halogenated alkanes) is 1. The molecule has 1 aromatic carbocycles. The number of carbonyl (C=O) groups excluding carboxylic acids is 1. The molecule has 1 aromatic heterocycles. The van der Waals surface area contributed by atoms with Crippen molar-refractivity contribution in [2.45, 2.75) is 26.2 Å². The number of nitrogens with zero attached hydrogens (tertiary/aromatic N) is 3. The van der Waals surface area contributed by atoms with E-state index in [4.69, 9.17) is 4.74 Å². The number of benzene rings is 1. The minimum atomic E-state index is -0.142. The maximum atomic E-state index is 11.9. The number of anilines is 1. The third kappa shape index (κ3) is 5.56. The highest BCUT2D eigenvalue weighted by atomic mass is 16.5. The lowest BCUT2D eigenvalue weighted by atomic mass is 10.2. The summed E-state index contributed by atoms with van der Waals surface area (Å²) in [5.41, 5.74) is 2.41. The lowest BCUT2D eigenvalue weighted by Crippen LogP contribution is -2.46. The number of piperazine rings is 1. The van der Waals surface area contributed by atoms with E-state index >= 15 is 0 Å². The van der Waals surface area contributed by atoms with Gasteiger partial charge in [-0.2, -0.15) is 0 Å². The Morgan fingerprint density at radius 3 is 2.38 bits per heavy atom. The van der Waals surface area contributed by atoms with E-state index in [2.05, 4.69) is 26.9 Å². The van der Waals surface area contributed by atoms with Gasteiger partial charge in [0.1, 0.15) is 5.75 Å². The summed E-state index contributed by atoms with van der Waals surface area (Å²) >= 11 is 0. The molecule has 3 rings (SSSR count). The van der Waals surface area contributed by atoms with Crippen LogP contribution in [0, 0.1) is 6.92 Å². The van der Waals surface area contributed by atoms with Crippen molar-refractivity contribution in [2.24, 2.45) is 0 Å². The average molecular weight is 353 g/mol. The number of esters is 1. The van der Waals surface area contributed by atoms with Gasteiger partial charge in [0.15, 0.2) is 0 Å². The number of hydrogen-bond donors (Lipinski definition) is 0. The average Bonchev–Trinajstić information content (AvgIpc) is 2.68. The molecule has 0 unspecified atom stereocenters. The van der Waals surface area contributed by atoms with E-state index in [1.165, 1.54) is 5.69 Å². The molecule has 5 nitrogen and oxygen atoms in total.